The maximum absolute atomic E-state index is 5.69. The van der Waals surface area contributed by atoms with Crippen LogP contribution in [0, 0.1) is 0 Å². The van der Waals surface area contributed by atoms with Gasteiger partial charge in [0.15, 0.2) is 0 Å². The topological polar surface area (TPSA) is 59.7 Å². The Bertz CT molecular complexity index is 780. The van der Waals surface area contributed by atoms with Crippen molar-refractivity contribution in [2.24, 2.45) is 9.98 Å². The van der Waals surface area contributed by atoms with Gasteiger partial charge in [0.2, 0.25) is 0 Å². The molecule has 0 atom stereocenters. The first-order chi connectivity index (χ1) is 9.33. The normalized spacial score (nSPS) is 18.7. The van der Waals surface area contributed by atoms with E-state index >= 15 is 0 Å². The molecule has 5 heteroatoms. The fraction of sp³-hybridized carbons (Fsp3) is 0.0714. The van der Waals surface area contributed by atoms with Gasteiger partial charge in [0.1, 0.15) is 23.2 Å². The molecule has 0 bridgehead atoms. The fourth-order valence-corrected chi connectivity index (χ4v) is 1.71. The van der Waals surface area contributed by atoms with E-state index in [1.54, 1.807) is 30.8 Å². The minimum Gasteiger partial charge on any atom is -0.457 e. The van der Waals surface area contributed by atoms with Crippen molar-refractivity contribution in [2.75, 3.05) is 6.54 Å². The van der Waals surface area contributed by atoms with Crippen molar-refractivity contribution in [1.29, 1.82) is 0 Å². The second-order valence-corrected chi connectivity index (χ2v) is 3.93. The van der Waals surface area contributed by atoms with E-state index in [0.29, 0.717) is 28.8 Å². The van der Waals surface area contributed by atoms with Crippen molar-refractivity contribution < 1.29 is 4.74 Å². The van der Waals surface area contributed by atoms with Crippen LogP contribution >= 0.6 is 0 Å². The Labute approximate surface area is 109 Å². The van der Waals surface area contributed by atoms with E-state index in [1.807, 2.05) is 0 Å². The Morgan fingerprint density at radius 2 is 2.32 bits per heavy atom. The summed E-state index contributed by atoms with van der Waals surface area (Å²) in [5.41, 5.74) is 3.76. The molecule has 3 heterocycles. The molecule has 5 nitrogen and oxygen atoms in total. The number of aromatic nitrogens is 2. The Morgan fingerprint density at radius 3 is 3.26 bits per heavy atom. The molecule has 0 N–H and O–H groups in total. The molecule has 92 valence electrons. The first-order valence-corrected chi connectivity index (χ1v) is 5.69. The standard InChI is InChI=1S/C14H10N4O/c1-10-5-12-13(8-16-9-18-12)17-7-11-6-15-4-2-3-14(11)19-10/h3-6,8-9H,1,7H2/b12-5+,17-13?. The molecule has 3 rings (SSSR count). The van der Waals surface area contributed by atoms with Crippen LogP contribution in [0.1, 0.15) is 0 Å². The highest BCUT2D eigenvalue weighted by Crippen LogP contribution is 2.14. The molecule has 0 amide bonds. The summed E-state index contributed by atoms with van der Waals surface area (Å²) in [5, 5.41) is 1.39. The van der Waals surface area contributed by atoms with Gasteiger partial charge in [-0.15, -0.1) is 0 Å². The molecule has 0 saturated carbocycles. The zero-order valence-electron chi connectivity index (χ0n) is 10.1. The van der Waals surface area contributed by atoms with Gasteiger partial charge in [-0.3, -0.25) is 9.98 Å². The van der Waals surface area contributed by atoms with Crippen LogP contribution in [-0.4, -0.2) is 22.7 Å². The molecule has 1 aromatic rings. The molecular weight excluding hydrogens is 240 g/mol. The molecule has 2 aliphatic heterocycles. The fourth-order valence-electron chi connectivity index (χ4n) is 1.71. The first kappa shape index (κ1) is 11.3. The Balaban J connectivity index is 2.18. The average molecular weight is 250 g/mol. The number of hydrogen-bond acceptors (Lipinski definition) is 5. The molecule has 1 aromatic heterocycles. The van der Waals surface area contributed by atoms with E-state index in [2.05, 4.69) is 32.3 Å². The van der Waals surface area contributed by atoms with Gasteiger partial charge < -0.3 is 4.74 Å². The van der Waals surface area contributed by atoms with Gasteiger partial charge >= 0.3 is 0 Å². The molecular formula is C14H10N4O. The van der Waals surface area contributed by atoms with Crippen LogP contribution in [0.3, 0.4) is 0 Å². The van der Waals surface area contributed by atoms with Crippen LogP contribution < -0.4 is 10.7 Å². The number of fused-ring (bicyclic) bond motifs is 1. The molecule has 0 saturated heterocycles. The van der Waals surface area contributed by atoms with E-state index in [0.717, 1.165) is 5.57 Å². The van der Waals surface area contributed by atoms with E-state index in [-0.39, 0.29) is 0 Å². The van der Waals surface area contributed by atoms with Crippen molar-refractivity contribution in [1.82, 2.24) is 9.97 Å². The lowest BCUT2D eigenvalue weighted by molar-refractivity contribution is 0.342. The number of nitrogens with zero attached hydrogens (tertiary/aromatic N) is 4. The summed E-state index contributed by atoms with van der Waals surface area (Å²) in [6.45, 7) is 4.30. The van der Waals surface area contributed by atoms with Crippen molar-refractivity contribution in [3.63, 3.8) is 0 Å². The van der Waals surface area contributed by atoms with Crippen LogP contribution in [0.25, 0.3) is 6.08 Å². The molecule has 0 fully saturated rings. The largest absolute Gasteiger partial charge is 0.457 e. The van der Waals surface area contributed by atoms with E-state index in [1.165, 1.54) is 6.33 Å². The van der Waals surface area contributed by atoms with Gasteiger partial charge in [0.05, 0.1) is 24.3 Å². The number of allylic oxidation sites excluding steroid dienone is 2. The summed E-state index contributed by atoms with van der Waals surface area (Å²) in [6.07, 6.45) is 9.87. The van der Waals surface area contributed by atoms with Crippen molar-refractivity contribution in [3.8, 4) is 0 Å². The lowest BCUT2D eigenvalue weighted by atomic mass is 10.2. The Kier molecular flexibility index (Phi) is 2.88. The van der Waals surface area contributed by atoms with Crippen molar-refractivity contribution in [3.05, 3.63) is 64.9 Å². The van der Waals surface area contributed by atoms with Crippen LogP contribution in [0.5, 0.6) is 0 Å². The highest BCUT2D eigenvalue weighted by Gasteiger charge is 2.08. The number of hydrogen-bond donors (Lipinski definition) is 0. The number of rotatable bonds is 0. The second kappa shape index (κ2) is 4.84. The van der Waals surface area contributed by atoms with E-state index in [9.17, 15) is 0 Å². The molecule has 0 radical (unpaired) electrons. The summed E-state index contributed by atoms with van der Waals surface area (Å²) in [6, 6.07) is 0. The molecule has 0 spiro atoms. The quantitative estimate of drug-likeness (QED) is 0.627. The molecule has 2 aliphatic rings. The summed E-state index contributed by atoms with van der Waals surface area (Å²) in [4.78, 5) is 16.7. The SMILES string of the molecule is C=C1/C=c2/ncncc2=NCC2=C(C=C=CN=C2)O1. The lowest BCUT2D eigenvalue weighted by Gasteiger charge is -2.07. The summed E-state index contributed by atoms with van der Waals surface area (Å²) in [7, 11) is 0. The second-order valence-electron chi connectivity index (χ2n) is 3.93. The highest BCUT2D eigenvalue weighted by molar-refractivity contribution is 5.81. The van der Waals surface area contributed by atoms with Crippen LogP contribution in [0.4, 0.5) is 0 Å². The van der Waals surface area contributed by atoms with Gasteiger partial charge in [0, 0.05) is 23.9 Å². The van der Waals surface area contributed by atoms with Crippen LogP contribution in [0.2, 0.25) is 0 Å². The third kappa shape index (κ3) is 2.41. The van der Waals surface area contributed by atoms with Crippen LogP contribution in [0.15, 0.2) is 64.2 Å². The van der Waals surface area contributed by atoms with Gasteiger partial charge in [-0.2, -0.15) is 0 Å². The summed E-state index contributed by atoms with van der Waals surface area (Å²) >= 11 is 0. The van der Waals surface area contributed by atoms with Gasteiger partial charge in [-0.05, 0) is 0 Å². The zero-order chi connectivity index (χ0) is 13.1. The smallest absolute Gasteiger partial charge is 0.141 e. The van der Waals surface area contributed by atoms with Gasteiger partial charge in [0.25, 0.3) is 0 Å². The Morgan fingerprint density at radius 1 is 1.37 bits per heavy atom. The summed E-state index contributed by atoms with van der Waals surface area (Å²) in [5.74, 6) is 1.13. The van der Waals surface area contributed by atoms with Crippen molar-refractivity contribution >= 4 is 12.3 Å². The van der Waals surface area contributed by atoms with E-state index < -0.39 is 0 Å². The third-order valence-electron chi connectivity index (χ3n) is 2.59. The zero-order valence-corrected chi connectivity index (χ0v) is 10.1. The predicted octanol–water partition coefficient (Wildman–Crippen LogP) is 0.428. The minimum atomic E-state index is 0.437. The molecule has 0 unspecified atom stereocenters. The highest BCUT2D eigenvalue weighted by atomic mass is 16.5. The maximum Gasteiger partial charge on any atom is 0.141 e. The summed E-state index contributed by atoms with van der Waals surface area (Å²) < 4.78 is 5.69. The van der Waals surface area contributed by atoms with Crippen LogP contribution in [-0.2, 0) is 4.74 Å². The molecule has 0 aromatic carbocycles. The van der Waals surface area contributed by atoms with Gasteiger partial charge in [-0.25, -0.2) is 9.97 Å². The van der Waals surface area contributed by atoms with E-state index in [4.69, 9.17) is 4.74 Å². The lowest BCUT2D eigenvalue weighted by Crippen LogP contribution is -2.29. The maximum atomic E-state index is 5.69. The average Bonchev–Trinajstić information content (AvgIpc) is 2.59. The number of ether oxygens (including phenoxy) is 1. The minimum absolute atomic E-state index is 0.437. The molecule has 0 aliphatic carbocycles. The third-order valence-corrected chi connectivity index (χ3v) is 2.59. The molecule has 19 heavy (non-hydrogen) atoms. The number of aliphatic imine (C=N–C) groups is 1. The monoisotopic (exact) mass is 250 g/mol. The predicted molar refractivity (Wildman–Crippen MR) is 70.5 cm³/mol. The van der Waals surface area contributed by atoms with Gasteiger partial charge in [-0.1, -0.05) is 12.3 Å². The van der Waals surface area contributed by atoms with Crippen molar-refractivity contribution in [2.45, 2.75) is 0 Å². The first-order valence-electron chi connectivity index (χ1n) is 5.69. The Hall–Kier alpha value is -2.78.